The Labute approximate surface area is 112 Å². The number of carbonyl (C=O) groups is 1. The second-order valence-corrected chi connectivity index (χ2v) is 5.00. The molecule has 100 valence electrons. The van der Waals surface area contributed by atoms with Gasteiger partial charge in [-0.3, -0.25) is 4.79 Å². The summed E-state index contributed by atoms with van der Waals surface area (Å²) in [6, 6.07) is 2.40. The number of halogens is 2. The van der Waals surface area contributed by atoms with E-state index in [9.17, 15) is 13.6 Å². The molecule has 1 aromatic heterocycles. The van der Waals surface area contributed by atoms with Gasteiger partial charge in [-0.1, -0.05) is 17.4 Å². The third-order valence-corrected chi connectivity index (χ3v) is 3.53. The Kier molecular flexibility index (Phi) is 3.48. The second kappa shape index (κ2) is 4.93. The highest BCUT2D eigenvalue weighted by molar-refractivity contribution is 7.17. The number of nitrogen functional groups attached to an aromatic ring is 1. The number of carbonyl (C=O) groups excluding carboxylic acids is 1. The molecular weight excluding hydrogens is 272 g/mol. The molecule has 0 radical (unpaired) electrons. The molecule has 4 nitrogen and oxygen atoms in total. The predicted molar refractivity (Wildman–Crippen MR) is 70.3 cm³/mol. The van der Waals surface area contributed by atoms with E-state index >= 15 is 0 Å². The molecule has 0 atom stereocenters. The van der Waals surface area contributed by atoms with Crippen molar-refractivity contribution in [2.75, 3.05) is 11.1 Å². The first-order chi connectivity index (χ1) is 8.90. The van der Waals surface area contributed by atoms with Crippen molar-refractivity contribution in [3.63, 3.8) is 0 Å². The summed E-state index contributed by atoms with van der Waals surface area (Å²) in [5.41, 5.74) is 5.68. The van der Waals surface area contributed by atoms with Crippen LogP contribution in [0, 0.1) is 25.5 Å². The van der Waals surface area contributed by atoms with Gasteiger partial charge in [0.2, 0.25) is 0 Å². The molecule has 0 aliphatic rings. The summed E-state index contributed by atoms with van der Waals surface area (Å²) in [4.78, 5) is 16.1. The highest BCUT2D eigenvalue weighted by Gasteiger charge is 2.19. The van der Waals surface area contributed by atoms with E-state index < -0.39 is 23.2 Å². The quantitative estimate of drug-likeness (QED) is 0.890. The van der Waals surface area contributed by atoms with E-state index in [1.165, 1.54) is 13.0 Å². The van der Waals surface area contributed by atoms with Crippen molar-refractivity contribution in [2.45, 2.75) is 13.8 Å². The van der Waals surface area contributed by atoms with Crippen molar-refractivity contribution < 1.29 is 13.6 Å². The highest BCUT2D eigenvalue weighted by Crippen LogP contribution is 2.25. The van der Waals surface area contributed by atoms with Crippen LogP contribution in [-0.4, -0.2) is 10.9 Å². The number of anilines is 2. The first-order valence-electron chi connectivity index (χ1n) is 5.39. The normalized spacial score (nSPS) is 10.5. The smallest absolute Gasteiger partial charge is 0.267 e. The molecule has 0 saturated carbocycles. The molecule has 1 aromatic carbocycles. The molecule has 3 N–H and O–H groups in total. The third kappa shape index (κ3) is 2.55. The van der Waals surface area contributed by atoms with E-state index in [-0.39, 0.29) is 15.6 Å². The number of rotatable bonds is 2. The fraction of sp³-hybridized carbons (Fsp3) is 0.167. The van der Waals surface area contributed by atoms with Crippen LogP contribution in [0.5, 0.6) is 0 Å². The lowest BCUT2D eigenvalue weighted by molar-refractivity contribution is 0.102. The SMILES string of the molecule is Cc1ccc(F)c(NC(=O)c2sc(N)nc2C)c1F. The Bertz CT molecular complexity index is 655. The van der Waals surface area contributed by atoms with Crippen molar-refractivity contribution in [1.29, 1.82) is 0 Å². The minimum absolute atomic E-state index is 0.229. The standard InChI is InChI=1S/C12H11F2N3OS/c1-5-3-4-7(13)9(8(5)14)17-11(18)10-6(2)16-12(15)19-10/h3-4H,1-2H3,(H2,15,16)(H,17,18). The number of benzene rings is 1. The average molecular weight is 283 g/mol. The van der Waals surface area contributed by atoms with Gasteiger partial charge in [-0.15, -0.1) is 0 Å². The summed E-state index contributed by atoms with van der Waals surface area (Å²) in [5, 5.41) is 2.45. The number of hydrogen-bond acceptors (Lipinski definition) is 4. The maximum absolute atomic E-state index is 13.8. The number of hydrogen-bond donors (Lipinski definition) is 2. The average Bonchev–Trinajstić information content (AvgIpc) is 2.69. The molecule has 1 heterocycles. The molecule has 0 aliphatic carbocycles. The topological polar surface area (TPSA) is 68.0 Å². The van der Waals surface area contributed by atoms with Crippen molar-refractivity contribution in [1.82, 2.24) is 4.98 Å². The zero-order valence-electron chi connectivity index (χ0n) is 10.3. The number of amides is 1. The molecular formula is C12H11F2N3OS. The largest absolute Gasteiger partial charge is 0.375 e. The number of nitrogens with two attached hydrogens (primary N) is 1. The maximum Gasteiger partial charge on any atom is 0.267 e. The van der Waals surface area contributed by atoms with Crippen LogP contribution in [0.25, 0.3) is 0 Å². The first kappa shape index (κ1) is 13.4. The molecule has 0 fully saturated rings. The van der Waals surface area contributed by atoms with Gasteiger partial charge in [0.25, 0.3) is 5.91 Å². The van der Waals surface area contributed by atoms with Crippen LogP contribution in [0.3, 0.4) is 0 Å². The number of nitrogens with one attached hydrogen (secondary N) is 1. The molecule has 0 saturated heterocycles. The lowest BCUT2D eigenvalue weighted by Gasteiger charge is -2.08. The van der Waals surface area contributed by atoms with E-state index in [0.29, 0.717) is 5.69 Å². The van der Waals surface area contributed by atoms with Crippen LogP contribution in [0.1, 0.15) is 20.9 Å². The van der Waals surface area contributed by atoms with E-state index in [4.69, 9.17) is 5.73 Å². The lowest BCUT2D eigenvalue weighted by Crippen LogP contribution is -2.14. The Morgan fingerprint density at radius 3 is 2.63 bits per heavy atom. The van der Waals surface area contributed by atoms with Gasteiger partial charge in [-0.2, -0.15) is 0 Å². The van der Waals surface area contributed by atoms with Gasteiger partial charge in [0.05, 0.1) is 5.69 Å². The van der Waals surface area contributed by atoms with Crippen LogP contribution in [0.2, 0.25) is 0 Å². The molecule has 2 aromatic rings. The summed E-state index contributed by atoms with van der Waals surface area (Å²) >= 11 is 0.967. The maximum atomic E-state index is 13.8. The van der Waals surface area contributed by atoms with Gasteiger partial charge in [-0.25, -0.2) is 13.8 Å². The highest BCUT2D eigenvalue weighted by atomic mass is 32.1. The van der Waals surface area contributed by atoms with Crippen LogP contribution < -0.4 is 11.1 Å². The van der Waals surface area contributed by atoms with E-state index in [1.54, 1.807) is 6.92 Å². The number of aryl methyl sites for hydroxylation is 2. The van der Waals surface area contributed by atoms with Crippen molar-refractivity contribution >= 4 is 28.1 Å². The number of aromatic nitrogens is 1. The zero-order valence-corrected chi connectivity index (χ0v) is 11.1. The van der Waals surface area contributed by atoms with Gasteiger partial charge < -0.3 is 11.1 Å². The third-order valence-electron chi connectivity index (χ3n) is 2.54. The van der Waals surface area contributed by atoms with Crippen molar-refractivity contribution in [3.05, 3.63) is 39.9 Å². The summed E-state index contributed by atoms with van der Waals surface area (Å²) in [5.74, 6) is -2.25. The molecule has 0 unspecified atom stereocenters. The van der Waals surface area contributed by atoms with Crippen LogP contribution >= 0.6 is 11.3 Å². The number of thiazole rings is 1. The lowest BCUT2D eigenvalue weighted by atomic mass is 10.2. The summed E-state index contributed by atoms with van der Waals surface area (Å²) in [6.45, 7) is 3.09. The molecule has 1 amide bonds. The molecule has 0 aliphatic heterocycles. The Morgan fingerprint density at radius 2 is 2.05 bits per heavy atom. The molecule has 0 bridgehead atoms. The molecule has 2 rings (SSSR count). The number of nitrogens with zero attached hydrogens (tertiary/aromatic N) is 1. The van der Waals surface area contributed by atoms with Gasteiger partial charge in [0.15, 0.2) is 10.9 Å². The van der Waals surface area contributed by atoms with Gasteiger partial charge in [0, 0.05) is 0 Å². The van der Waals surface area contributed by atoms with Crippen LogP contribution in [-0.2, 0) is 0 Å². The predicted octanol–water partition coefficient (Wildman–Crippen LogP) is 2.87. The van der Waals surface area contributed by atoms with Crippen molar-refractivity contribution in [2.24, 2.45) is 0 Å². The zero-order chi connectivity index (χ0) is 14.2. The molecule has 19 heavy (non-hydrogen) atoms. The summed E-state index contributed by atoms with van der Waals surface area (Å²) in [7, 11) is 0. The first-order valence-corrected chi connectivity index (χ1v) is 6.20. The van der Waals surface area contributed by atoms with E-state index in [2.05, 4.69) is 10.3 Å². The van der Waals surface area contributed by atoms with Crippen LogP contribution in [0.15, 0.2) is 12.1 Å². The Hall–Kier alpha value is -2.02. The van der Waals surface area contributed by atoms with Gasteiger partial charge >= 0.3 is 0 Å². The van der Waals surface area contributed by atoms with Crippen molar-refractivity contribution in [3.8, 4) is 0 Å². The Morgan fingerprint density at radius 1 is 1.37 bits per heavy atom. The van der Waals surface area contributed by atoms with Gasteiger partial charge in [-0.05, 0) is 25.5 Å². The fourth-order valence-corrected chi connectivity index (χ4v) is 2.30. The van der Waals surface area contributed by atoms with E-state index in [1.807, 2.05) is 0 Å². The van der Waals surface area contributed by atoms with Crippen LogP contribution in [0.4, 0.5) is 19.6 Å². The minimum atomic E-state index is -0.827. The fourth-order valence-electron chi connectivity index (χ4n) is 1.57. The minimum Gasteiger partial charge on any atom is -0.375 e. The summed E-state index contributed by atoms with van der Waals surface area (Å²) < 4.78 is 27.3. The monoisotopic (exact) mass is 283 g/mol. The second-order valence-electron chi connectivity index (χ2n) is 3.97. The molecule has 0 spiro atoms. The molecule has 7 heteroatoms. The Balaban J connectivity index is 2.34. The van der Waals surface area contributed by atoms with Gasteiger partial charge in [0.1, 0.15) is 16.4 Å². The van der Waals surface area contributed by atoms with E-state index in [0.717, 1.165) is 17.4 Å². The summed E-state index contributed by atoms with van der Waals surface area (Å²) in [6.07, 6.45) is 0.